The molecule has 0 aliphatic rings. The molecule has 6 nitrogen and oxygen atoms in total. The number of methoxy groups -OCH3 is 1. The Labute approximate surface area is 188 Å². The van der Waals surface area contributed by atoms with E-state index in [1.54, 1.807) is 24.3 Å². The van der Waals surface area contributed by atoms with Crippen molar-refractivity contribution in [1.29, 1.82) is 0 Å². The van der Waals surface area contributed by atoms with Crippen LogP contribution in [0.4, 0.5) is 30.2 Å². The van der Waals surface area contributed by atoms with E-state index in [4.69, 9.17) is 17.0 Å². The third kappa shape index (κ3) is 5.89. The van der Waals surface area contributed by atoms with Crippen molar-refractivity contribution in [2.75, 3.05) is 22.5 Å². The topological polar surface area (TPSA) is 79.5 Å². The number of ether oxygens (including phenoxy) is 1. The van der Waals surface area contributed by atoms with Crippen molar-refractivity contribution in [2.45, 2.75) is 11.1 Å². The lowest BCUT2D eigenvalue weighted by Crippen LogP contribution is -2.19. The van der Waals surface area contributed by atoms with E-state index in [1.165, 1.54) is 43.5 Å². The molecule has 0 atom stereocenters. The summed E-state index contributed by atoms with van der Waals surface area (Å²) in [5, 5.41) is 5.52. The van der Waals surface area contributed by atoms with Crippen LogP contribution in [0.3, 0.4) is 0 Å². The van der Waals surface area contributed by atoms with Crippen molar-refractivity contribution in [1.82, 2.24) is 0 Å². The maximum atomic E-state index is 12.8. The molecule has 0 bridgehead atoms. The van der Waals surface area contributed by atoms with E-state index in [-0.39, 0.29) is 15.7 Å². The Hall–Kier alpha value is -3.31. The quantitative estimate of drug-likeness (QED) is 0.414. The van der Waals surface area contributed by atoms with Crippen LogP contribution >= 0.6 is 12.2 Å². The molecule has 0 aromatic heterocycles. The first kappa shape index (κ1) is 23.4. The summed E-state index contributed by atoms with van der Waals surface area (Å²) in [6.07, 6.45) is -4.47. The second kappa shape index (κ2) is 9.45. The lowest BCUT2D eigenvalue weighted by atomic mass is 10.2. The van der Waals surface area contributed by atoms with Crippen LogP contribution in [0.1, 0.15) is 5.56 Å². The van der Waals surface area contributed by atoms with Gasteiger partial charge in [0.15, 0.2) is 5.11 Å². The average Bonchev–Trinajstić information content (AvgIpc) is 2.74. The molecule has 0 amide bonds. The van der Waals surface area contributed by atoms with Crippen LogP contribution in [0.15, 0.2) is 77.7 Å². The van der Waals surface area contributed by atoms with Crippen LogP contribution in [0.2, 0.25) is 0 Å². The highest BCUT2D eigenvalue weighted by Crippen LogP contribution is 2.31. The largest absolute Gasteiger partial charge is 0.495 e. The van der Waals surface area contributed by atoms with E-state index in [1.807, 2.05) is 0 Å². The number of rotatable bonds is 6. The Morgan fingerprint density at radius 3 is 2.22 bits per heavy atom. The summed E-state index contributed by atoms with van der Waals surface area (Å²) in [5.41, 5.74) is 0.106. The van der Waals surface area contributed by atoms with Gasteiger partial charge in [-0.2, -0.15) is 13.2 Å². The molecule has 0 unspecified atom stereocenters. The molecule has 168 valence electrons. The SMILES string of the molecule is COc1ccccc1NS(=O)(=O)c1ccc(NC(=S)Nc2cccc(C(F)(F)F)c2)cc1. The average molecular weight is 482 g/mol. The zero-order chi connectivity index (χ0) is 23.4. The highest BCUT2D eigenvalue weighted by atomic mass is 32.2. The first-order chi connectivity index (χ1) is 15.1. The molecule has 0 radical (unpaired) electrons. The molecule has 0 saturated heterocycles. The maximum Gasteiger partial charge on any atom is 0.416 e. The Balaban J connectivity index is 1.67. The molecule has 0 aliphatic carbocycles. The Morgan fingerprint density at radius 2 is 1.56 bits per heavy atom. The molecule has 3 aromatic rings. The van der Waals surface area contributed by atoms with Crippen LogP contribution in [0, 0.1) is 0 Å². The third-order valence-electron chi connectivity index (χ3n) is 4.22. The fourth-order valence-electron chi connectivity index (χ4n) is 2.72. The number of halogens is 3. The molecule has 0 aliphatic heterocycles. The Bertz CT molecular complexity index is 1210. The monoisotopic (exact) mass is 481 g/mol. The molecule has 0 spiro atoms. The van der Waals surface area contributed by atoms with Gasteiger partial charge in [-0.25, -0.2) is 8.42 Å². The van der Waals surface area contributed by atoms with E-state index in [9.17, 15) is 21.6 Å². The fourth-order valence-corrected chi connectivity index (χ4v) is 4.02. The highest BCUT2D eigenvalue weighted by Gasteiger charge is 2.30. The molecule has 3 N–H and O–H groups in total. The van der Waals surface area contributed by atoms with Crippen molar-refractivity contribution in [3.05, 3.63) is 78.4 Å². The van der Waals surface area contributed by atoms with Gasteiger partial charge in [-0.15, -0.1) is 0 Å². The highest BCUT2D eigenvalue weighted by molar-refractivity contribution is 7.92. The van der Waals surface area contributed by atoms with E-state index in [2.05, 4.69) is 15.4 Å². The summed E-state index contributed by atoms with van der Waals surface area (Å²) in [6.45, 7) is 0. The first-order valence-electron chi connectivity index (χ1n) is 9.10. The fraction of sp³-hybridized carbons (Fsp3) is 0.0952. The van der Waals surface area contributed by atoms with E-state index in [0.29, 0.717) is 17.1 Å². The molecule has 3 aromatic carbocycles. The predicted octanol–water partition coefficient (Wildman–Crippen LogP) is 5.32. The molecule has 0 heterocycles. The molecular weight excluding hydrogens is 463 g/mol. The van der Waals surface area contributed by atoms with Gasteiger partial charge in [-0.1, -0.05) is 18.2 Å². The predicted molar refractivity (Wildman–Crippen MR) is 122 cm³/mol. The molecule has 0 fully saturated rings. The van der Waals surface area contributed by atoms with Crippen molar-refractivity contribution in [2.24, 2.45) is 0 Å². The van der Waals surface area contributed by atoms with Gasteiger partial charge in [0.25, 0.3) is 10.0 Å². The zero-order valence-corrected chi connectivity index (χ0v) is 18.2. The lowest BCUT2D eigenvalue weighted by Gasteiger charge is -2.14. The number of hydrogen-bond donors (Lipinski definition) is 3. The molecule has 11 heteroatoms. The van der Waals surface area contributed by atoms with Gasteiger partial charge in [-0.05, 0) is 66.8 Å². The minimum absolute atomic E-state index is 0.00529. The van der Waals surface area contributed by atoms with Crippen molar-refractivity contribution >= 4 is 44.4 Å². The van der Waals surface area contributed by atoms with Gasteiger partial charge in [-0.3, -0.25) is 4.72 Å². The van der Waals surface area contributed by atoms with Crippen LogP contribution in [-0.4, -0.2) is 20.6 Å². The third-order valence-corrected chi connectivity index (χ3v) is 5.81. The normalized spacial score (nSPS) is 11.5. The summed E-state index contributed by atoms with van der Waals surface area (Å²) >= 11 is 5.13. The van der Waals surface area contributed by atoms with Gasteiger partial charge in [0.05, 0.1) is 23.3 Å². The number of sulfonamides is 1. The van der Waals surface area contributed by atoms with Gasteiger partial charge in [0.2, 0.25) is 0 Å². The van der Waals surface area contributed by atoms with Gasteiger partial charge < -0.3 is 15.4 Å². The van der Waals surface area contributed by atoms with Crippen molar-refractivity contribution < 1.29 is 26.3 Å². The standard InChI is InChI=1S/C21H18F3N3O3S2/c1-30-19-8-3-2-7-18(19)27-32(28,29)17-11-9-15(10-12-17)25-20(31)26-16-6-4-5-14(13-16)21(22,23)24/h2-13,27H,1H3,(H2,25,26,31). The second-order valence-corrected chi connectivity index (χ2v) is 8.58. The van der Waals surface area contributed by atoms with Crippen LogP contribution in [-0.2, 0) is 16.2 Å². The number of hydrogen-bond acceptors (Lipinski definition) is 4. The Kier molecular flexibility index (Phi) is 6.90. The summed E-state index contributed by atoms with van der Waals surface area (Å²) in [4.78, 5) is 0.00529. The summed E-state index contributed by atoms with van der Waals surface area (Å²) in [6, 6.07) is 16.9. The summed E-state index contributed by atoms with van der Waals surface area (Å²) in [5.74, 6) is 0.375. The smallest absolute Gasteiger partial charge is 0.416 e. The Morgan fingerprint density at radius 1 is 0.906 bits per heavy atom. The van der Waals surface area contributed by atoms with E-state index >= 15 is 0 Å². The van der Waals surface area contributed by atoms with Crippen molar-refractivity contribution in [3.8, 4) is 5.75 Å². The number of para-hydroxylation sites is 2. The van der Waals surface area contributed by atoms with Gasteiger partial charge in [0.1, 0.15) is 5.75 Å². The number of thiocarbonyl (C=S) groups is 1. The maximum absolute atomic E-state index is 12.8. The molecular formula is C21H18F3N3O3S2. The number of benzene rings is 3. The number of anilines is 3. The van der Waals surface area contributed by atoms with Gasteiger partial charge in [0, 0.05) is 11.4 Å². The molecule has 32 heavy (non-hydrogen) atoms. The zero-order valence-electron chi connectivity index (χ0n) is 16.6. The minimum atomic E-state index is -4.47. The van der Waals surface area contributed by atoms with Crippen molar-refractivity contribution in [3.63, 3.8) is 0 Å². The second-order valence-electron chi connectivity index (χ2n) is 6.49. The van der Waals surface area contributed by atoms with Crippen LogP contribution in [0.25, 0.3) is 0 Å². The van der Waals surface area contributed by atoms with E-state index < -0.39 is 21.8 Å². The molecule has 0 saturated carbocycles. The van der Waals surface area contributed by atoms with Crippen LogP contribution in [0.5, 0.6) is 5.75 Å². The first-order valence-corrected chi connectivity index (χ1v) is 11.0. The van der Waals surface area contributed by atoms with Gasteiger partial charge >= 0.3 is 6.18 Å². The summed E-state index contributed by atoms with van der Waals surface area (Å²) in [7, 11) is -2.44. The lowest BCUT2D eigenvalue weighted by molar-refractivity contribution is -0.137. The summed E-state index contributed by atoms with van der Waals surface area (Å²) < 4.78 is 71.4. The number of nitrogens with one attached hydrogen (secondary N) is 3. The van der Waals surface area contributed by atoms with E-state index in [0.717, 1.165) is 12.1 Å². The number of alkyl halides is 3. The van der Waals surface area contributed by atoms with Crippen LogP contribution < -0.4 is 20.1 Å². The minimum Gasteiger partial charge on any atom is -0.495 e. The molecule has 3 rings (SSSR count).